The van der Waals surface area contributed by atoms with Crippen molar-refractivity contribution >= 4 is 23.5 Å². The van der Waals surface area contributed by atoms with Gasteiger partial charge in [-0.2, -0.15) is 0 Å². The minimum atomic E-state index is -1.07. The van der Waals surface area contributed by atoms with Gasteiger partial charge in [0.1, 0.15) is 6.42 Å². The van der Waals surface area contributed by atoms with Crippen LogP contribution in [0.25, 0.3) is 0 Å². The Morgan fingerprint density at radius 3 is 2.79 bits per heavy atom. The number of piperazine rings is 1. The quantitative estimate of drug-likeness (QED) is 0.590. The molecule has 130 valence electrons. The second kappa shape index (κ2) is 7.82. The summed E-state index contributed by atoms with van der Waals surface area (Å²) in [6.07, 6.45) is -0.143. The summed E-state index contributed by atoms with van der Waals surface area (Å²) in [5, 5.41) is 5.08. The minimum Gasteiger partial charge on any atom is -0.469 e. The molecule has 0 saturated carbocycles. The number of nitrogens with one attached hydrogen (secondary N) is 3. The molecule has 1 aliphatic heterocycles. The number of rotatable bonds is 5. The topological polar surface area (TPSA) is 88.9 Å². The number of halogens is 2. The van der Waals surface area contributed by atoms with Crippen LogP contribution in [0.15, 0.2) is 18.2 Å². The number of quaternary nitrogens is 1. The molecule has 1 fully saturated rings. The van der Waals surface area contributed by atoms with Gasteiger partial charge in [-0.25, -0.2) is 8.78 Å². The Balaban J connectivity index is 2.00. The molecule has 1 saturated heterocycles. The first-order valence-electron chi connectivity index (χ1n) is 7.34. The van der Waals surface area contributed by atoms with Crippen LogP contribution in [0.4, 0.5) is 14.5 Å². The van der Waals surface area contributed by atoms with Gasteiger partial charge in [0.05, 0.1) is 20.2 Å². The molecule has 0 bridgehead atoms. The number of hydrogen-bond donors (Lipinski definition) is 3. The fourth-order valence-electron chi connectivity index (χ4n) is 2.51. The lowest BCUT2D eigenvalue weighted by atomic mass is 10.1. The first kappa shape index (κ1) is 17.8. The van der Waals surface area contributed by atoms with Gasteiger partial charge in [0.15, 0.2) is 24.2 Å². The van der Waals surface area contributed by atoms with Crippen LogP contribution in [-0.2, 0) is 19.1 Å². The van der Waals surface area contributed by atoms with Crippen LogP contribution < -0.4 is 15.5 Å². The van der Waals surface area contributed by atoms with Crippen molar-refractivity contribution in [3.05, 3.63) is 29.8 Å². The number of carbonyl (C=O) groups excluding carboxylic acids is 3. The summed E-state index contributed by atoms with van der Waals surface area (Å²) in [6.45, 7) is 0.747. The van der Waals surface area contributed by atoms with E-state index in [1.807, 2.05) is 0 Å². The van der Waals surface area contributed by atoms with E-state index in [1.54, 1.807) is 0 Å². The predicted molar refractivity (Wildman–Crippen MR) is 79.1 cm³/mol. The summed E-state index contributed by atoms with van der Waals surface area (Å²) in [6, 6.07) is 2.28. The van der Waals surface area contributed by atoms with E-state index in [0.717, 1.165) is 12.1 Å². The van der Waals surface area contributed by atoms with E-state index in [4.69, 9.17) is 0 Å². The molecule has 2 atom stereocenters. The lowest BCUT2D eigenvalue weighted by molar-refractivity contribution is -0.909. The third kappa shape index (κ3) is 4.48. The fraction of sp³-hybridized carbons (Fsp3) is 0.400. The highest BCUT2D eigenvalue weighted by atomic mass is 19.2. The molecule has 1 heterocycles. The van der Waals surface area contributed by atoms with Crippen LogP contribution in [0.1, 0.15) is 6.42 Å². The lowest BCUT2D eigenvalue weighted by Crippen LogP contribution is -3.20. The monoisotopic (exact) mass is 342 g/mol. The molecule has 24 heavy (non-hydrogen) atoms. The minimum absolute atomic E-state index is 0.0892. The molecule has 9 heteroatoms. The van der Waals surface area contributed by atoms with E-state index >= 15 is 0 Å². The highest BCUT2D eigenvalue weighted by Crippen LogP contribution is 2.12. The first-order chi connectivity index (χ1) is 11.4. The fourth-order valence-corrected chi connectivity index (χ4v) is 2.51. The Bertz CT molecular complexity index is 654. The zero-order chi connectivity index (χ0) is 17.7. The number of esters is 1. The Morgan fingerprint density at radius 2 is 2.12 bits per heavy atom. The number of hydrogen-bond acceptors (Lipinski definition) is 4. The number of methoxy groups -OCH3 is 1. The second-order valence-electron chi connectivity index (χ2n) is 5.39. The number of ether oxygens (including phenoxy) is 1. The number of amides is 2. The van der Waals surface area contributed by atoms with Crippen LogP contribution in [0.2, 0.25) is 0 Å². The highest BCUT2D eigenvalue weighted by Gasteiger charge is 2.36. The first-order valence-corrected chi connectivity index (χ1v) is 7.34. The van der Waals surface area contributed by atoms with Gasteiger partial charge in [-0.3, -0.25) is 14.4 Å². The summed E-state index contributed by atoms with van der Waals surface area (Å²) >= 11 is 0. The van der Waals surface area contributed by atoms with E-state index in [0.29, 0.717) is 18.0 Å². The van der Waals surface area contributed by atoms with Gasteiger partial charge in [-0.1, -0.05) is 0 Å². The zero-order valence-electron chi connectivity index (χ0n) is 13.0. The standard InChI is InChI=1S/C15H17F2N3O4/c1-24-14(22)7-12-15(23)18-4-5-20(12)8-13(21)19-9-2-3-10(16)11(17)6-9/h2-3,6,12H,4-5,7-8H2,1H3,(H,18,23)(H,19,21)/p+1/t12-/m1/s1. The van der Waals surface area contributed by atoms with Gasteiger partial charge in [-0.05, 0) is 12.1 Å². The summed E-state index contributed by atoms with van der Waals surface area (Å²) in [7, 11) is 1.22. The molecule has 0 radical (unpaired) electrons. The number of benzene rings is 1. The van der Waals surface area contributed by atoms with Crippen molar-refractivity contribution in [2.45, 2.75) is 12.5 Å². The van der Waals surface area contributed by atoms with Crippen molar-refractivity contribution in [3.8, 4) is 0 Å². The van der Waals surface area contributed by atoms with E-state index in [9.17, 15) is 23.2 Å². The molecule has 1 unspecified atom stereocenters. The number of anilines is 1. The maximum atomic E-state index is 13.1. The van der Waals surface area contributed by atoms with Gasteiger partial charge in [0.2, 0.25) is 0 Å². The van der Waals surface area contributed by atoms with E-state index in [2.05, 4.69) is 15.4 Å². The van der Waals surface area contributed by atoms with Crippen LogP contribution >= 0.6 is 0 Å². The van der Waals surface area contributed by atoms with Gasteiger partial charge in [0, 0.05) is 11.8 Å². The van der Waals surface area contributed by atoms with Gasteiger partial charge in [-0.15, -0.1) is 0 Å². The van der Waals surface area contributed by atoms with Crippen LogP contribution in [0.5, 0.6) is 0 Å². The van der Waals surface area contributed by atoms with Crippen molar-refractivity contribution in [3.63, 3.8) is 0 Å². The molecule has 1 aromatic carbocycles. The Morgan fingerprint density at radius 1 is 1.38 bits per heavy atom. The lowest BCUT2D eigenvalue weighted by Gasteiger charge is -2.30. The normalized spacial score (nSPS) is 20.2. The van der Waals surface area contributed by atoms with Gasteiger partial charge >= 0.3 is 5.97 Å². The van der Waals surface area contributed by atoms with Crippen molar-refractivity contribution in [2.75, 3.05) is 32.1 Å². The second-order valence-corrected chi connectivity index (χ2v) is 5.39. The van der Waals surface area contributed by atoms with E-state index in [1.165, 1.54) is 13.2 Å². The largest absolute Gasteiger partial charge is 0.469 e. The molecule has 1 aliphatic rings. The molecular formula is C15H18F2N3O4+. The van der Waals surface area contributed by atoms with Crippen LogP contribution in [-0.4, -0.2) is 50.6 Å². The Hall–Kier alpha value is -2.55. The third-order valence-electron chi connectivity index (χ3n) is 3.74. The van der Waals surface area contributed by atoms with Crippen molar-refractivity contribution < 1.29 is 32.8 Å². The summed E-state index contributed by atoms with van der Waals surface area (Å²) in [5.74, 6) is -3.43. The average molecular weight is 342 g/mol. The van der Waals surface area contributed by atoms with Crippen LogP contribution in [0.3, 0.4) is 0 Å². The van der Waals surface area contributed by atoms with Crippen LogP contribution in [0, 0.1) is 11.6 Å². The number of carbonyl (C=O) groups is 3. The predicted octanol–water partition coefficient (Wildman–Crippen LogP) is -1.15. The van der Waals surface area contributed by atoms with Crippen molar-refractivity contribution in [1.82, 2.24) is 5.32 Å². The summed E-state index contributed by atoms with van der Waals surface area (Å²) in [5.41, 5.74) is 0.115. The Kier molecular flexibility index (Phi) is 5.80. The van der Waals surface area contributed by atoms with Crippen molar-refractivity contribution in [1.29, 1.82) is 0 Å². The highest BCUT2D eigenvalue weighted by molar-refractivity contribution is 5.92. The molecule has 3 N–H and O–H groups in total. The zero-order valence-corrected chi connectivity index (χ0v) is 13.0. The maximum absolute atomic E-state index is 13.1. The van der Waals surface area contributed by atoms with Crippen molar-refractivity contribution in [2.24, 2.45) is 0 Å². The molecule has 2 rings (SSSR count). The van der Waals surface area contributed by atoms with E-state index in [-0.39, 0.29) is 24.6 Å². The SMILES string of the molecule is COC(=O)C[C@@H]1C(=O)NCC[NH+]1CC(=O)Nc1ccc(F)c(F)c1. The van der Waals surface area contributed by atoms with E-state index < -0.39 is 29.6 Å². The smallest absolute Gasteiger partial charge is 0.312 e. The summed E-state index contributed by atoms with van der Waals surface area (Å²) < 4.78 is 30.6. The Labute approximate surface area is 136 Å². The molecular weight excluding hydrogens is 324 g/mol. The average Bonchev–Trinajstić information content (AvgIpc) is 2.54. The third-order valence-corrected chi connectivity index (χ3v) is 3.74. The molecule has 2 amide bonds. The molecule has 1 aromatic rings. The maximum Gasteiger partial charge on any atom is 0.312 e. The van der Waals surface area contributed by atoms with Gasteiger partial charge in [0.25, 0.3) is 11.8 Å². The molecule has 0 aromatic heterocycles. The molecule has 7 nitrogen and oxygen atoms in total. The van der Waals surface area contributed by atoms with Gasteiger partial charge < -0.3 is 20.3 Å². The molecule has 0 aliphatic carbocycles. The summed E-state index contributed by atoms with van der Waals surface area (Å²) in [4.78, 5) is 36.0. The molecule has 0 spiro atoms.